The number of amides is 1. The third-order valence-electron chi connectivity index (χ3n) is 0.990. The maximum Gasteiger partial charge on any atom is 0.236 e. The van der Waals surface area contributed by atoms with Crippen molar-refractivity contribution in [2.24, 2.45) is 5.41 Å². The van der Waals surface area contributed by atoms with Gasteiger partial charge >= 0.3 is 0 Å². The van der Waals surface area contributed by atoms with Crippen molar-refractivity contribution in [2.45, 2.75) is 20.8 Å². The van der Waals surface area contributed by atoms with Crippen LogP contribution in [0.2, 0.25) is 0 Å². The number of carbonyl (C=O) groups excluding carboxylic acids is 1. The second-order valence-electron chi connectivity index (χ2n) is 3.69. The molecule has 11 heavy (non-hydrogen) atoms. The quantitative estimate of drug-likeness (QED) is 0.590. The molecule has 0 aliphatic heterocycles. The highest BCUT2D eigenvalue weighted by molar-refractivity contribution is 7.98. The van der Waals surface area contributed by atoms with Crippen LogP contribution in [0.15, 0.2) is 0 Å². The third-order valence-corrected chi connectivity index (χ3v) is 1.61. The van der Waals surface area contributed by atoms with Gasteiger partial charge in [-0.15, -0.1) is 0 Å². The van der Waals surface area contributed by atoms with Crippen molar-refractivity contribution < 1.29 is 9.00 Å². The van der Waals surface area contributed by atoms with Crippen LogP contribution in [0.1, 0.15) is 20.8 Å². The summed E-state index contributed by atoms with van der Waals surface area (Å²) in [5, 5.41) is 0. The minimum atomic E-state index is -2.41. The van der Waals surface area contributed by atoms with Crippen LogP contribution in [0.3, 0.4) is 0 Å². The van der Waals surface area contributed by atoms with E-state index in [1.807, 2.05) is 0 Å². The summed E-state index contributed by atoms with van der Waals surface area (Å²) in [6.45, 7) is 5.27. The van der Waals surface area contributed by atoms with Gasteiger partial charge in [-0.05, 0) is 5.87 Å². The standard InChI is InChI=1S/C7H15NO2S/c1-7(2,3)6(9)8-11(4,5)10/h4H2,1-3,5H3,(H,8,9,10). The van der Waals surface area contributed by atoms with Crippen LogP contribution in [0, 0.1) is 5.41 Å². The zero-order valence-electron chi connectivity index (χ0n) is 7.43. The van der Waals surface area contributed by atoms with E-state index in [1.165, 1.54) is 6.26 Å². The Morgan fingerprint density at radius 3 is 1.91 bits per heavy atom. The van der Waals surface area contributed by atoms with Crippen LogP contribution in [-0.4, -0.2) is 22.2 Å². The third kappa shape index (κ3) is 4.84. The summed E-state index contributed by atoms with van der Waals surface area (Å²) < 4.78 is 13.3. The molecule has 66 valence electrons. The molecule has 0 aromatic heterocycles. The maximum absolute atomic E-state index is 11.1. The topological polar surface area (TPSA) is 46.2 Å². The minimum Gasteiger partial charge on any atom is -0.283 e. The van der Waals surface area contributed by atoms with Crippen molar-refractivity contribution in [2.75, 3.05) is 6.26 Å². The number of rotatable bonds is 1. The molecular weight excluding hydrogens is 162 g/mol. The second kappa shape index (κ2) is 2.85. The highest BCUT2D eigenvalue weighted by Gasteiger charge is 2.21. The molecule has 0 aromatic carbocycles. The Bertz CT molecular complexity index is 246. The predicted octanol–water partition coefficient (Wildman–Crippen LogP) is 0.410. The molecule has 0 heterocycles. The normalized spacial score (nSPS) is 17.1. The molecular formula is C7H15NO2S. The summed E-state index contributed by atoms with van der Waals surface area (Å²) in [7, 11) is -2.41. The van der Waals surface area contributed by atoms with E-state index in [1.54, 1.807) is 20.8 Å². The second-order valence-corrected chi connectivity index (χ2v) is 5.90. The van der Waals surface area contributed by atoms with E-state index in [0.717, 1.165) is 0 Å². The molecule has 0 aromatic rings. The maximum atomic E-state index is 11.1. The fraction of sp³-hybridized carbons (Fsp3) is 0.714. The lowest BCUT2D eigenvalue weighted by Crippen LogP contribution is -2.38. The van der Waals surface area contributed by atoms with Gasteiger partial charge in [0, 0.05) is 21.4 Å². The Kier molecular flexibility index (Phi) is 2.72. The van der Waals surface area contributed by atoms with Gasteiger partial charge < -0.3 is 0 Å². The van der Waals surface area contributed by atoms with Gasteiger partial charge in [-0.25, -0.2) is 4.21 Å². The zero-order chi connectivity index (χ0) is 9.28. The van der Waals surface area contributed by atoms with E-state index in [9.17, 15) is 9.00 Å². The summed E-state index contributed by atoms with van der Waals surface area (Å²) in [5.41, 5.74) is -0.504. The van der Waals surface area contributed by atoms with Crippen LogP contribution in [0.5, 0.6) is 0 Å². The molecule has 0 spiro atoms. The van der Waals surface area contributed by atoms with Gasteiger partial charge in [0.2, 0.25) is 5.91 Å². The molecule has 1 amide bonds. The predicted molar refractivity (Wildman–Crippen MR) is 48.8 cm³/mol. The fourth-order valence-electron chi connectivity index (χ4n) is 0.349. The van der Waals surface area contributed by atoms with Crippen molar-refractivity contribution in [3.8, 4) is 0 Å². The number of hydrogen-bond acceptors (Lipinski definition) is 2. The summed E-state index contributed by atoms with van der Waals surface area (Å²) in [6, 6.07) is 0. The molecule has 1 N–H and O–H groups in total. The molecule has 0 aliphatic carbocycles. The lowest BCUT2D eigenvalue weighted by molar-refractivity contribution is -0.126. The number of carbonyl (C=O) groups is 1. The lowest BCUT2D eigenvalue weighted by atomic mass is 9.96. The van der Waals surface area contributed by atoms with Gasteiger partial charge in [0.05, 0.1) is 0 Å². The van der Waals surface area contributed by atoms with Crippen LogP contribution in [-0.2, 0) is 14.5 Å². The van der Waals surface area contributed by atoms with Crippen molar-refractivity contribution in [1.82, 2.24) is 4.72 Å². The first-order chi connectivity index (χ1) is 4.63. The Balaban J connectivity index is 4.35. The van der Waals surface area contributed by atoms with Crippen molar-refractivity contribution in [1.29, 1.82) is 0 Å². The highest BCUT2D eigenvalue weighted by atomic mass is 32.2. The van der Waals surface area contributed by atoms with E-state index < -0.39 is 15.1 Å². The van der Waals surface area contributed by atoms with E-state index in [2.05, 4.69) is 10.6 Å². The SMILES string of the molecule is C=S(C)(=O)NC(=O)C(C)(C)C. The largest absolute Gasteiger partial charge is 0.283 e. The minimum absolute atomic E-state index is 0.236. The Morgan fingerprint density at radius 2 is 1.82 bits per heavy atom. The van der Waals surface area contributed by atoms with Crippen LogP contribution < -0.4 is 4.72 Å². The molecule has 1 atom stereocenters. The van der Waals surface area contributed by atoms with E-state index in [-0.39, 0.29) is 5.91 Å². The summed E-state index contributed by atoms with van der Waals surface area (Å²) in [4.78, 5) is 11.1. The van der Waals surface area contributed by atoms with Gasteiger partial charge in [0.25, 0.3) is 0 Å². The van der Waals surface area contributed by atoms with E-state index in [0.29, 0.717) is 0 Å². The fourth-order valence-corrected chi connectivity index (χ4v) is 1.05. The first-order valence-corrected chi connectivity index (χ1v) is 5.41. The van der Waals surface area contributed by atoms with Crippen molar-refractivity contribution in [3.63, 3.8) is 0 Å². The average molecular weight is 177 g/mol. The average Bonchev–Trinajstić information content (AvgIpc) is 1.56. The summed E-state index contributed by atoms with van der Waals surface area (Å²) >= 11 is 0. The first kappa shape index (κ1) is 10.5. The van der Waals surface area contributed by atoms with E-state index >= 15 is 0 Å². The highest BCUT2D eigenvalue weighted by Crippen LogP contribution is 2.12. The van der Waals surface area contributed by atoms with Crippen LogP contribution in [0.4, 0.5) is 0 Å². The molecule has 0 radical (unpaired) electrons. The number of nitrogens with one attached hydrogen (secondary N) is 1. The molecule has 0 aliphatic rings. The molecule has 0 rings (SSSR count). The molecule has 0 bridgehead atoms. The molecule has 0 saturated carbocycles. The molecule has 3 nitrogen and oxygen atoms in total. The Labute approximate surface area is 68.3 Å². The van der Waals surface area contributed by atoms with Crippen molar-refractivity contribution in [3.05, 3.63) is 0 Å². The summed E-state index contributed by atoms with van der Waals surface area (Å²) in [6.07, 6.45) is 1.40. The first-order valence-electron chi connectivity index (χ1n) is 3.27. The Hall–Kier alpha value is -0.510. The van der Waals surface area contributed by atoms with Crippen LogP contribution in [0.25, 0.3) is 0 Å². The monoisotopic (exact) mass is 177 g/mol. The molecule has 0 saturated heterocycles. The Morgan fingerprint density at radius 1 is 1.45 bits per heavy atom. The van der Waals surface area contributed by atoms with E-state index in [4.69, 9.17) is 0 Å². The van der Waals surface area contributed by atoms with Gasteiger partial charge in [-0.2, -0.15) is 0 Å². The van der Waals surface area contributed by atoms with Gasteiger partial charge in [0.15, 0.2) is 0 Å². The molecule has 1 unspecified atom stereocenters. The van der Waals surface area contributed by atoms with Gasteiger partial charge in [-0.1, -0.05) is 20.8 Å². The van der Waals surface area contributed by atoms with Crippen molar-refractivity contribution >= 4 is 21.5 Å². The zero-order valence-corrected chi connectivity index (χ0v) is 8.25. The van der Waals surface area contributed by atoms with Gasteiger partial charge in [0.1, 0.15) is 0 Å². The van der Waals surface area contributed by atoms with Crippen LogP contribution >= 0.6 is 0 Å². The molecule has 4 heteroatoms. The smallest absolute Gasteiger partial charge is 0.236 e. The number of hydrogen-bond donors (Lipinski definition) is 1. The molecule has 0 fully saturated rings. The summed E-state index contributed by atoms with van der Waals surface area (Å²) in [5.74, 6) is 3.08. The lowest BCUT2D eigenvalue weighted by Gasteiger charge is -2.17. The van der Waals surface area contributed by atoms with Gasteiger partial charge in [-0.3, -0.25) is 9.52 Å².